The number of hydrogen-bond acceptors (Lipinski definition) is 7. The van der Waals surface area contributed by atoms with Crippen LogP contribution in [0.1, 0.15) is 60.2 Å². The van der Waals surface area contributed by atoms with E-state index in [1.54, 1.807) is 23.1 Å². The lowest BCUT2D eigenvalue weighted by atomic mass is 10.0. The van der Waals surface area contributed by atoms with E-state index >= 15 is 0 Å². The van der Waals surface area contributed by atoms with Crippen molar-refractivity contribution in [2.24, 2.45) is 0 Å². The Bertz CT molecular complexity index is 1020. The van der Waals surface area contributed by atoms with Crippen molar-refractivity contribution in [3.05, 3.63) is 40.6 Å². The zero-order valence-corrected chi connectivity index (χ0v) is 19.9. The Balaban J connectivity index is 1.47. The van der Waals surface area contributed by atoms with E-state index in [0.29, 0.717) is 24.1 Å². The first-order valence-electron chi connectivity index (χ1n) is 11.1. The summed E-state index contributed by atoms with van der Waals surface area (Å²) < 4.78 is 6.92. The van der Waals surface area contributed by atoms with Crippen molar-refractivity contribution in [3.8, 4) is 0 Å². The summed E-state index contributed by atoms with van der Waals surface area (Å²) in [4.78, 5) is 15.7. The van der Waals surface area contributed by atoms with Crippen molar-refractivity contribution in [1.29, 1.82) is 0 Å². The van der Waals surface area contributed by atoms with Crippen molar-refractivity contribution < 1.29 is 9.21 Å². The van der Waals surface area contributed by atoms with Crippen LogP contribution in [0.5, 0.6) is 0 Å². The average molecular weight is 459 g/mol. The summed E-state index contributed by atoms with van der Waals surface area (Å²) in [7, 11) is 0. The highest BCUT2D eigenvalue weighted by molar-refractivity contribution is 8.00. The number of carbonyl (C=O) groups excluding carboxylic acids is 1. The minimum atomic E-state index is -0.124. The monoisotopic (exact) mass is 458 g/mol. The van der Waals surface area contributed by atoms with E-state index in [9.17, 15) is 4.79 Å². The zero-order chi connectivity index (χ0) is 21.6. The predicted octanol–water partition coefficient (Wildman–Crippen LogP) is 5.27. The minimum Gasteiger partial charge on any atom is -0.451 e. The molecule has 1 atom stereocenters. The van der Waals surface area contributed by atoms with Crippen LogP contribution in [0.15, 0.2) is 33.0 Å². The Hall–Kier alpha value is -1.90. The van der Waals surface area contributed by atoms with E-state index in [0.717, 1.165) is 45.4 Å². The molecule has 6 nitrogen and oxygen atoms in total. The Morgan fingerprint density at radius 3 is 3.00 bits per heavy atom. The Labute approximate surface area is 191 Å². The number of carbonyl (C=O) groups is 1. The lowest BCUT2D eigenvalue weighted by Gasteiger charge is -2.35. The summed E-state index contributed by atoms with van der Waals surface area (Å²) in [6.07, 6.45) is 6.04. The summed E-state index contributed by atoms with van der Waals surface area (Å²) >= 11 is 3.17. The van der Waals surface area contributed by atoms with Crippen LogP contribution >= 0.6 is 23.1 Å². The Kier molecular flexibility index (Phi) is 7.63. The smallest absolute Gasteiger partial charge is 0.287 e. The third-order valence-corrected chi connectivity index (χ3v) is 7.80. The highest BCUT2D eigenvalue weighted by Gasteiger charge is 2.25. The molecule has 4 rings (SSSR count). The molecule has 1 saturated heterocycles. The van der Waals surface area contributed by atoms with Gasteiger partial charge < -0.3 is 9.73 Å². The van der Waals surface area contributed by atoms with Crippen molar-refractivity contribution in [2.75, 3.05) is 19.6 Å². The molecule has 0 saturated carbocycles. The molecule has 166 valence electrons. The van der Waals surface area contributed by atoms with Gasteiger partial charge in [-0.05, 0) is 45.3 Å². The number of likely N-dealkylation sites (tertiary alicyclic amines) is 1. The molecule has 3 aromatic rings. The number of fused-ring (bicyclic) bond motifs is 1. The second-order valence-corrected chi connectivity index (χ2v) is 10.4. The van der Waals surface area contributed by atoms with Crippen LogP contribution in [0.2, 0.25) is 0 Å². The number of piperidine rings is 1. The fourth-order valence-corrected chi connectivity index (χ4v) is 5.98. The highest BCUT2D eigenvalue weighted by atomic mass is 32.2. The molecule has 0 spiro atoms. The lowest BCUT2D eigenvalue weighted by Crippen LogP contribution is -2.47. The van der Waals surface area contributed by atoms with Crippen LogP contribution in [-0.2, 0) is 5.75 Å². The third-order valence-electron chi connectivity index (χ3n) is 5.80. The van der Waals surface area contributed by atoms with Crippen LogP contribution in [0.3, 0.4) is 0 Å². The maximum absolute atomic E-state index is 13.2. The van der Waals surface area contributed by atoms with Gasteiger partial charge in [-0.15, -0.1) is 10.2 Å². The number of furan rings is 1. The topological polar surface area (TPSA) is 71.3 Å². The molecular formula is C23H30N4O2S2. The molecular weight excluding hydrogens is 428 g/mol. The molecule has 1 aromatic carbocycles. The number of nitrogens with one attached hydrogen (secondary N) is 1. The molecule has 1 aliphatic heterocycles. The molecule has 1 amide bonds. The van der Waals surface area contributed by atoms with Gasteiger partial charge in [0.2, 0.25) is 0 Å². The molecule has 0 bridgehead atoms. The first kappa shape index (κ1) is 22.3. The van der Waals surface area contributed by atoms with E-state index < -0.39 is 0 Å². The molecule has 0 radical (unpaired) electrons. The Morgan fingerprint density at radius 1 is 1.32 bits per heavy atom. The second kappa shape index (κ2) is 10.6. The summed E-state index contributed by atoms with van der Waals surface area (Å²) in [5.41, 5.74) is 1.68. The quantitative estimate of drug-likeness (QED) is 0.441. The van der Waals surface area contributed by atoms with Crippen molar-refractivity contribution in [3.63, 3.8) is 0 Å². The molecule has 8 heteroatoms. The maximum Gasteiger partial charge on any atom is 0.287 e. The first-order chi connectivity index (χ1) is 15.2. The highest BCUT2D eigenvalue weighted by Crippen LogP contribution is 2.33. The standard InChI is InChI=1S/C23H30N4O2S2/c1-3-4-12-27-13-8-7-9-17(27)14-24-22(28)21-19(15-30-23-26-25-16(2)31-23)18-10-5-6-11-20(18)29-21/h5-6,10-11,17H,3-4,7-9,12-15H2,1-2H3,(H,24,28). The van der Waals surface area contributed by atoms with Gasteiger partial charge in [-0.25, -0.2) is 0 Å². The number of aryl methyl sites for hydroxylation is 1. The number of thioether (sulfide) groups is 1. The zero-order valence-electron chi connectivity index (χ0n) is 18.2. The fourth-order valence-electron chi connectivity index (χ4n) is 4.13. The van der Waals surface area contributed by atoms with E-state index in [1.165, 1.54) is 25.7 Å². The third kappa shape index (κ3) is 5.48. The van der Waals surface area contributed by atoms with Gasteiger partial charge in [0, 0.05) is 29.3 Å². The predicted molar refractivity (Wildman–Crippen MR) is 127 cm³/mol. The molecule has 0 aliphatic carbocycles. The lowest BCUT2D eigenvalue weighted by molar-refractivity contribution is 0.0887. The average Bonchev–Trinajstić information content (AvgIpc) is 3.38. The molecule has 2 aromatic heterocycles. The molecule has 3 heterocycles. The summed E-state index contributed by atoms with van der Waals surface area (Å²) in [6, 6.07) is 8.27. The summed E-state index contributed by atoms with van der Waals surface area (Å²) in [6.45, 7) is 7.09. The number of para-hydroxylation sites is 1. The van der Waals surface area contributed by atoms with Gasteiger partial charge in [0.25, 0.3) is 5.91 Å². The van der Waals surface area contributed by atoms with Crippen LogP contribution in [-0.4, -0.2) is 46.7 Å². The van der Waals surface area contributed by atoms with Gasteiger partial charge in [-0.3, -0.25) is 9.69 Å². The van der Waals surface area contributed by atoms with Crippen LogP contribution in [0.25, 0.3) is 11.0 Å². The number of unbranched alkanes of at least 4 members (excludes halogenated alkanes) is 1. The van der Waals surface area contributed by atoms with E-state index in [4.69, 9.17) is 4.42 Å². The molecule has 1 unspecified atom stereocenters. The largest absolute Gasteiger partial charge is 0.451 e. The number of nitrogens with zero attached hydrogens (tertiary/aromatic N) is 3. The van der Waals surface area contributed by atoms with E-state index in [1.807, 2.05) is 31.2 Å². The van der Waals surface area contributed by atoms with Gasteiger partial charge in [0.15, 0.2) is 10.1 Å². The number of amides is 1. The maximum atomic E-state index is 13.2. The molecule has 1 fully saturated rings. The Morgan fingerprint density at radius 2 is 2.19 bits per heavy atom. The number of rotatable bonds is 9. The minimum absolute atomic E-state index is 0.124. The van der Waals surface area contributed by atoms with Crippen LogP contribution in [0.4, 0.5) is 0 Å². The van der Waals surface area contributed by atoms with Gasteiger partial charge in [-0.1, -0.05) is 61.1 Å². The number of hydrogen-bond donors (Lipinski definition) is 1. The number of aromatic nitrogens is 2. The van der Waals surface area contributed by atoms with E-state index in [-0.39, 0.29) is 5.91 Å². The number of benzene rings is 1. The fraction of sp³-hybridized carbons (Fsp3) is 0.522. The molecule has 1 aliphatic rings. The van der Waals surface area contributed by atoms with Crippen molar-refractivity contribution in [2.45, 2.75) is 62.1 Å². The van der Waals surface area contributed by atoms with Gasteiger partial charge in [0.1, 0.15) is 10.6 Å². The normalized spacial score (nSPS) is 17.3. The first-order valence-corrected chi connectivity index (χ1v) is 12.9. The van der Waals surface area contributed by atoms with Gasteiger partial charge in [0.05, 0.1) is 0 Å². The van der Waals surface area contributed by atoms with Gasteiger partial charge in [-0.2, -0.15) is 0 Å². The SMILES string of the molecule is CCCCN1CCCCC1CNC(=O)c1oc2ccccc2c1CSc1nnc(C)s1. The summed E-state index contributed by atoms with van der Waals surface area (Å²) in [5.74, 6) is 0.924. The van der Waals surface area contributed by atoms with Crippen LogP contribution < -0.4 is 5.32 Å². The molecule has 31 heavy (non-hydrogen) atoms. The summed E-state index contributed by atoms with van der Waals surface area (Å²) in [5, 5.41) is 13.4. The van der Waals surface area contributed by atoms with Crippen molar-refractivity contribution in [1.82, 2.24) is 20.4 Å². The van der Waals surface area contributed by atoms with Gasteiger partial charge >= 0.3 is 0 Å². The van der Waals surface area contributed by atoms with Crippen LogP contribution in [0, 0.1) is 6.92 Å². The van der Waals surface area contributed by atoms with E-state index in [2.05, 4.69) is 27.3 Å². The second-order valence-electron chi connectivity index (χ2n) is 8.03. The molecule has 1 N–H and O–H groups in total. The van der Waals surface area contributed by atoms with Crippen molar-refractivity contribution >= 4 is 40.0 Å².